The molecule has 1 heterocycles. The van der Waals surface area contributed by atoms with Gasteiger partial charge in [-0.3, -0.25) is 0 Å². The van der Waals surface area contributed by atoms with Crippen molar-refractivity contribution in [3.05, 3.63) is 0 Å². The number of fused-ring (bicyclic) bond motifs is 2. The molecular weight excluding hydrogens is 174 g/mol. The Hall–Kier alpha value is -0.0800. The number of rotatable bonds is 2. The number of nitrogens with one attached hydrogen (secondary N) is 1. The predicted octanol–water partition coefficient (Wildman–Crippen LogP) is 1.70. The molecule has 0 aromatic heterocycles. The van der Waals surface area contributed by atoms with Crippen molar-refractivity contribution in [2.45, 2.75) is 56.7 Å². The van der Waals surface area contributed by atoms with Gasteiger partial charge in [-0.2, -0.15) is 0 Å². The molecule has 3 atom stereocenters. The molecule has 4 fully saturated rings. The lowest BCUT2D eigenvalue weighted by Crippen LogP contribution is -2.71. The van der Waals surface area contributed by atoms with Crippen LogP contribution in [0.25, 0.3) is 0 Å². The highest BCUT2D eigenvalue weighted by atomic mass is 16.5. The summed E-state index contributed by atoms with van der Waals surface area (Å²) in [5, 5.41) is 3.87. The molecule has 3 unspecified atom stereocenters. The molecule has 2 nitrogen and oxygen atoms in total. The Morgan fingerprint density at radius 1 is 1.14 bits per heavy atom. The molecule has 1 N–H and O–H groups in total. The van der Waals surface area contributed by atoms with Crippen molar-refractivity contribution >= 4 is 0 Å². The Labute approximate surface area is 85.4 Å². The topological polar surface area (TPSA) is 21.3 Å². The van der Waals surface area contributed by atoms with Crippen LogP contribution in [-0.4, -0.2) is 24.8 Å². The summed E-state index contributed by atoms with van der Waals surface area (Å²) in [5.74, 6) is 0.871. The Kier molecular flexibility index (Phi) is 1.47. The molecule has 2 heteroatoms. The zero-order valence-electron chi connectivity index (χ0n) is 8.67. The summed E-state index contributed by atoms with van der Waals surface area (Å²) in [6.07, 6.45) is 9.10. The summed E-state index contributed by atoms with van der Waals surface area (Å²) in [6.45, 7) is 1.03. The van der Waals surface area contributed by atoms with Crippen LogP contribution in [0.5, 0.6) is 0 Å². The van der Waals surface area contributed by atoms with Crippen molar-refractivity contribution < 1.29 is 4.74 Å². The van der Waals surface area contributed by atoms with Gasteiger partial charge in [0.15, 0.2) is 0 Å². The third kappa shape index (κ3) is 0.849. The first-order valence-corrected chi connectivity index (χ1v) is 6.28. The van der Waals surface area contributed by atoms with Crippen molar-refractivity contribution in [1.82, 2.24) is 5.32 Å². The first-order chi connectivity index (χ1) is 6.90. The first-order valence-electron chi connectivity index (χ1n) is 6.28. The Bertz CT molecular complexity index is 257. The van der Waals surface area contributed by atoms with Crippen molar-refractivity contribution in [2.24, 2.45) is 11.3 Å². The van der Waals surface area contributed by atoms with E-state index in [0.717, 1.165) is 24.6 Å². The normalized spacial score (nSPS) is 48.4. The van der Waals surface area contributed by atoms with Crippen molar-refractivity contribution in [2.75, 3.05) is 6.61 Å². The van der Waals surface area contributed by atoms with Gasteiger partial charge in [-0.15, -0.1) is 0 Å². The zero-order chi connectivity index (χ0) is 9.17. The Morgan fingerprint density at radius 2 is 2.00 bits per heavy atom. The highest BCUT2D eigenvalue weighted by Gasteiger charge is 2.66. The minimum absolute atomic E-state index is 0.601. The van der Waals surface area contributed by atoms with Crippen LogP contribution in [0.3, 0.4) is 0 Å². The van der Waals surface area contributed by atoms with Crippen LogP contribution in [-0.2, 0) is 4.74 Å². The van der Waals surface area contributed by atoms with E-state index in [2.05, 4.69) is 5.32 Å². The van der Waals surface area contributed by atoms with Crippen LogP contribution in [0, 0.1) is 11.3 Å². The van der Waals surface area contributed by atoms with E-state index in [0.29, 0.717) is 11.5 Å². The van der Waals surface area contributed by atoms with E-state index >= 15 is 0 Å². The predicted molar refractivity (Wildman–Crippen MR) is 54.1 cm³/mol. The van der Waals surface area contributed by atoms with E-state index < -0.39 is 0 Å². The van der Waals surface area contributed by atoms with Gasteiger partial charge in [-0.25, -0.2) is 0 Å². The highest BCUT2D eigenvalue weighted by molar-refractivity contribution is 5.19. The average Bonchev–Trinajstić information content (AvgIpc) is 2.82. The van der Waals surface area contributed by atoms with E-state index in [9.17, 15) is 0 Å². The third-order valence-electron chi connectivity index (χ3n) is 5.03. The lowest BCUT2D eigenvalue weighted by Gasteiger charge is -2.63. The maximum Gasteiger partial charge on any atom is 0.0690 e. The summed E-state index contributed by atoms with van der Waals surface area (Å²) < 4.78 is 5.90. The molecule has 3 aliphatic carbocycles. The van der Waals surface area contributed by atoms with Gasteiger partial charge in [0.05, 0.1) is 6.10 Å². The van der Waals surface area contributed by atoms with Crippen LogP contribution in [0.1, 0.15) is 38.5 Å². The molecule has 4 aliphatic rings. The van der Waals surface area contributed by atoms with Crippen LogP contribution in [0.15, 0.2) is 0 Å². The summed E-state index contributed by atoms with van der Waals surface area (Å²) in [5.41, 5.74) is 0.601. The molecule has 0 amide bonds. The van der Waals surface area contributed by atoms with E-state index in [4.69, 9.17) is 4.74 Å². The second-order valence-corrected chi connectivity index (χ2v) is 5.75. The smallest absolute Gasteiger partial charge is 0.0690 e. The summed E-state index contributed by atoms with van der Waals surface area (Å²) in [4.78, 5) is 0. The summed E-state index contributed by atoms with van der Waals surface area (Å²) in [6, 6.07) is 1.70. The molecule has 1 spiro atoms. The van der Waals surface area contributed by atoms with Crippen LogP contribution in [0.4, 0.5) is 0 Å². The van der Waals surface area contributed by atoms with E-state index in [1.807, 2.05) is 0 Å². The molecule has 3 saturated carbocycles. The van der Waals surface area contributed by atoms with Crippen LogP contribution < -0.4 is 5.32 Å². The molecular formula is C12H19NO. The highest BCUT2D eigenvalue weighted by Crippen LogP contribution is 2.63. The molecule has 0 aromatic carbocycles. The van der Waals surface area contributed by atoms with Gasteiger partial charge in [0.2, 0.25) is 0 Å². The van der Waals surface area contributed by atoms with E-state index in [-0.39, 0.29) is 0 Å². The van der Waals surface area contributed by atoms with E-state index in [1.165, 1.54) is 38.5 Å². The van der Waals surface area contributed by atoms with Gasteiger partial charge < -0.3 is 10.1 Å². The number of hydrogen-bond acceptors (Lipinski definition) is 2. The molecule has 0 aromatic rings. The van der Waals surface area contributed by atoms with Gasteiger partial charge in [0.25, 0.3) is 0 Å². The van der Waals surface area contributed by atoms with Gasteiger partial charge >= 0.3 is 0 Å². The summed E-state index contributed by atoms with van der Waals surface area (Å²) >= 11 is 0. The molecule has 4 rings (SSSR count). The Balaban J connectivity index is 1.55. The fourth-order valence-electron chi connectivity index (χ4n) is 4.00. The van der Waals surface area contributed by atoms with Gasteiger partial charge in [-0.1, -0.05) is 6.42 Å². The average molecular weight is 193 g/mol. The number of ether oxygens (including phenoxy) is 1. The quantitative estimate of drug-likeness (QED) is 0.720. The zero-order valence-corrected chi connectivity index (χ0v) is 8.67. The standard InChI is InChI=1S/C12H19NO/c1-5-12(6-1)10(13-8-2-3-8)9-4-7-14-11(9)12/h8-11,13H,1-7H2. The number of hydrogen-bond donors (Lipinski definition) is 1. The Morgan fingerprint density at radius 3 is 2.64 bits per heavy atom. The van der Waals surface area contributed by atoms with Gasteiger partial charge in [0.1, 0.15) is 0 Å². The fraction of sp³-hybridized carbons (Fsp3) is 1.00. The first kappa shape index (κ1) is 8.12. The molecule has 0 bridgehead atoms. The van der Waals surface area contributed by atoms with Crippen LogP contribution in [0.2, 0.25) is 0 Å². The summed E-state index contributed by atoms with van der Waals surface area (Å²) in [7, 11) is 0. The fourth-order valence-corrected chi connectivity index (χ4v) is 4.00. The molecule has 78 valence electrons. The SMILES string of the molecule is C1CC2(C1)C(NC1CC1)C1CCOC12. The second kappa shape index (κ2) is 2.53. The minimum Gasteiger partial charge on any atom is -0.377 e. The molecule has 1 aliphatic heterocycles. The van der Waals surface area contributed by atoms with Gasteiger partial charge in [-0.05, 0) is 32.1 Å². The van der Waals surface area contributed by atoms with Gasteiger partial charge in [0, 0.05) is 30.0 Å². The van der Waals surface area contributed by atoms with Crippen molar-refractivity contribution in [3.8, 4) is 0 Å². The molecule has 1 saturated heterocycles. The monoisotopic (exact) mass is 193 g/mol. The van der Waals surface area contributed by atoms with E-state index in [1.54, 1.807) is 0 Å². The van der Waals surface area contributed by atoms with Crippen LogP contribution >= 0.6 is 0 Å². The third-order valence-corrected chi connectivity index (χ3v) is 5.03. The molecule has 14 heavy (non-hydrogen) atoms. The molecule has 0 radical (unpaired) electrons. The van der Waals surface area contributed by atoms with Crippen molar-refractivity contribution in [1.29, 1.82) is 0 Å². The lowest BCUT2D eigenvalue weighted by molar-refractivity contribution is -0.176. The minimum atomic E-state index is 0.601. The van der Waals surface area contributed by atoms with Crippen molar-refractivity contribution in [3.63, 3.8) is 0 Å². The largest absolute Gasteiger partial charge is 0.377 e. The lowest BCUT2D eigenvalue weighted by atomic mass is 9.46. The maximum atomic E-state index is 5.90. The second-order valence-electron chi connectivity index (χ2n) is 5.75. The maximum absolute atomic E-state index is 5.90.